The lowest BCUT2D eigenvalue weighted by molar-refractivity contribution is -0.145. The van der Waals surface area contributed by atoms with Crippen molar-refractivity contribution in [1.29, 1.82) is 0 Å². The molecule has 0 unspecified atom stereocenters. The lowest BCUT2D eigenvalue weighted by atomic mass is 10.2. The third-order valence-corrected chi connectivity index (χ3v) is 2.54. The molecule has 84 valence electrons. The number of rotatable bonds is 4. The number of hydrogen-bond donors (Lipinski definition) is 0. The predicted molar refractivity (Wildman–Crippen MR) is 49.0 cm³/mol. The number of cyclic esters (lactones) is 2. The van der Waals surface area contributed by atoms with Crippen LogP contribution in [0.25, 0.3) is 0 Å². The maximum absolute atomic E-state index is 10.8. The minimum absolute atomic E-state index is 0.116. The van der Waals surface area contributed by atoms with Crippen molar-refractivity contribution < 1.29 is 23.8 Å². The molecule has 2 aliphatic heterocycles. The molecule has 2 rings (SSSR count). The van der Waals surface area contributed by atoms with Crippen LogP contribution in [0.5, 0.6) is 0 Å². The Hall–Kier alpha value is -1.10. The predicted octanol–water partition coefficient (Wildman–Crippen LogP) is 0.414. The fraction of sp³-hybridized carbons (Fsp3) is 0.800. The summed E-state index contributed by atoms with van der Waals surface area (Å²) in [5.41, 5.74) is 0. The fourth-order valence-electron chi connectivity index (χ4n) is 1.73. The monoisotopic (exact) mass is 214 g/mol. The van der Waals surface area contributed by atoms with Gasteiger partial charge in [0, 0.05) is 12.8 Å². The molecule has 15 heavy (non-hydrogen) atoms. The van der Waals surface area contributed by atoms with Crippen molar-refractivity contribution in [2.75, 3.05) is 13.2 Å². The third kappa shape index (κ3) is 2.92. The van der Waals surface area contributed by atoms with Gasteiger partial charge < -0.3 is 14.2 Å². The zero-order valence-electron chi connectivity index (χ0n) is 8.44. The fourth-order valence-corrected chi connectivity index (χ4v) is 1.73. The van der Waals surface area contributed by atoms with Crippen molar-refractivity contribution in [2.24, 2.45) is 0 Å². The van der Waals surface area contributed by atoms with Crippen molar-refractivity contribution in [3.8, 4) is 0 Å². The standard InChI is InChI=1S/C10H14O5/c11-9-3-1-7(14-9)5-13-6-8-2-4-10(12)15-8/h7-8H,1-6H2/t7-,8-/m0/s1. The minimum Gasteiger partial charge on any atom is -0.460 e. The van der Waals surface area contributed by atoms with Crippen LogP contribution in [-0.2, 0) is 23.8 Å². The van der Waals surface area contributed by atoms with Gasteiger partial charge >= 0.3 is 11.9 Å². The molecule has 0 bridgehead atoms. The van der Waals surface area contributed by atoms with Crippen LogP contribution in [0.2, 0.25) is 0 Å². The highest BCUT2D eigenvalue weighted by atomic mass is 16.6. The summed E-state index contributed by atoms with van der Waals surface area (Å²) in [5, 5.41) is 0. The van der Waals surface area contributed by atoms with Crippen molar-refractivity contribution in [1.82, 2.24) is 0 Å². The van der Waals surface area contributed by atoms with E-state index in [1.165, 1.54) is 0 Å². The first-order chi connectivity index (χ1) is 7.24. The molecule has 0 amide bonds. The van der Waals surface area contributed by atoms with Gasteiger partial charge in [-0.25, -0.2) is 0 Å². The van der Waals surface area contributed by atoms with Gasteiger partial charge in [0.25, 0.3) is 0 Å². The van der Waals surface area contributed by atoms with Gasteiger partial charge in [-0.2, -0.15) is 0 Å². The molecule has 2 fully saturated rings. The summed E-state index contributed by atoms with van der Waals surface area (Å²) >= 11 is 0. The van der Waals surface area contributed by atoms with E-state index in [9.17, 15) is 9.59 Å². The first kappa shape index (κ1) is 10.4. The van der Waals surface area contributed by atoms with Crippen LogP contribution < -0.4 is 0 Å². The maximum Gasteiger partial charge on any atom is 0.306 e. The van der Waals surface area contributed by atoms with Crippen LogP contribution in [0.15, 0.2) is 0 Å². The summed E-state index contributed by atoms with van der Waals surface area (Å²) in [6.45, 7) is 0.805. The quantitative estimate of drug-likeness (QED) is 0.634. The Morgan fingerprint density at radius 3 is 1.80 bits per heavy atom. The summed E-state index contributed by atoms with van der Waals surface area (Å²) in [7, 11) is 0. The molecule has 2 heterocycles. The molecule has 5 heteroatoms. The lowest BCUT2D eigenvalue weighted by Gasteiger charge is -2.12. The normalized spacial score (nSPS) is 30.4. The number of hydrogen-bond acceptors (Lipinski definition) is 5. The molecule has 0 aromatic carbocycles. The molecular formula is C10H14O5. The van der Waals surface area contributed by atoms with E-state index < -0.39 is 0 Å². The van der Waals surface area contributed by atoms with Crippen LogP contribution >= 0.6 is 0 Å². The van der Waals surface area contributed by atoms with Gasteiger partial charge in [-0.1, -0.05) is 0 Å². The average Bonchev–Trinajstić information content (AvgIpc) is 2.76. The molecule has 0 aromatic heterocycles. The van der Waals surface area contributed by atoms with E-state index in [0.29, 0.717) is 26.1 Å². The van der Waals surface area contributed by atoms with Crippen molar-refractivity contribution in [2.45, 2.75) is 37.9 Å². The zero-order valence-corrected chi connectivity index (χ0v) is 8.44. The molecule has 2 atom stereocenters. The number of ether oxygens (including phenoxy) is 3. The van der Waals surface area contributed by atoms with Gasteiger partial charge in [-0.3, -0.25) is 9.59 Å². The Morgan fingerprint density at radius 1 is 1.00 bits per heavy atom. The number of esters is 2. The van der Waals surface area contributed by atoms with Crippen LogP contribution in [0, 0.1) is 0 Å². The molecule has 0 saturated carbocycles. The Morgan fingerprint density at radius 2 is 1.47 bits per heavy atom. The molecular weight excluding hydrogens is 200 g/mol. The maximum atomic E-state index is 10.8. The Kier molecular flexibility index (Phi) is 3.20. The molecule has 2 saturated heterocycles. The van der Waals surface area contributed by atoms with Gasteiger partial charge in [-0.05, 0) is 12.8 Å². The molecule has 0 aromatic rings. The lowest BCUT2D eigenvalue weighted by Crippen LogP contribution is -2.21. The number of carbonyl (C=O) groups excluding carboxylic acids is 2. The highest BCUT2D eigenvalue weighted by Crippen LogP contribution is 2.16. The van der Waals surface area contributed by atoms with Crippen LogP contribution in [0.3, 0.4) is 0 Å². The summed E-state index contributed by atoms with van der Waals surface area (Å²) in [4.78, 5) is 21.5. The average molecular weight is 214 g/mol. The number of carbonyl (C=O) groups is 2. The summed E-state index contributed by atoms with van der Waals surface area (Å²) < 4.78 is 15.3. The molecule has 0 radical (unpaired) electrons. The highest BCUT2D eigenvalue weighted by Gasteiger charge is 2.26. The zero-order chi connectivity index (χ0) is 10.7. The van der Waals surface area contributed by atoms with E-state index in [1.807, 2.05) is 0 Å². The van der Waals surface area contributed by atoms with E-state index in [0.717, 1.165) is 12.8 Å². The van der Waals surface area contributed by atoms with Gasteiger partial charge in [0.2, 0.25) is 0 Å². The molecule has 0 spiro atoms. The second-order valence-electron chi connectivity index (χ2n) is 3.84. The first-order valence-electron chi connectivity index (χ1n) is 5.21. The van der Waals surface area contributed by atoms with E-state index in [4.69, 9.17) is 14.2 Å². The van der Waals surface area contributed by atoms with E-state index in [-0.39, 0.29) is 24.1 Å². The second-order valence-corrected chi connectivity index (χ2v) is 3.84. The molecule has 0 aliphatic carbocycles. The third-order valence-electron chi connectivity index (χ3n) is 2.54. The van der Waals surface area contributed by atoms with Gasteiger partial charge in [0.05, 0.1) is 13.2 Å². The van der Waals surface area contributed by atoms with E-state index >= 15 is 0 Å². The Labute approximate surface area is 87.7 Å². The molecule has 2 aliphatic rings. The Balaban J connectivity index is 1.59. The second kappa shape index (κ2) is 4.61. The largest absolute Gasteiger partial charge is 0.460 e. The Bertz CT molecular complexity index is 237. The topological polar surface area (TPSA) is 61.8 Å². The van der Waals surface area contributed by atoms with Gasteiger partial charge in [0.1, 0.15) is 12.2 Å². The molecule has 0 N–H and O–H groups in total. The first-order valence-corrected chi connectivity index (χ1v) is 5.21. The SMILES string of the molecule is O=C1CC[C@@H](COC[C@@H]2CCC(=O)O2)O1. The smallest absolute Gasteiger partial charge is 0.306 e. The van der Waals surface area contributed by atoms with Crippen LogP contribution in [0.1, 0.15) is 25.7 Å². The minimum atomic E-state index is -0.157. The highest BCUT2D eigenvalue weighted by molar-refractivity contribution is 5.71. The molecule has 5 nitrogen and oxygen atoms in total. The van der Waals surface area contributed by atoms with Crippen molar-refractivity contribution >= 4 is 11.9 Å². The van der Waals surface area contributed by atoms with E-state index in [1.54, 1.807) is 0 Å². The summed E-state index contributed by atoms with van der Waals surface area (Å²) in [6.07, 6.45) is 2.18. The van der Waals surface area contributed by atoms with Gasteiger partial charge in [-0.15, -0.1) is 0 Å². The summed E-state index contributed by atoms with van der Waals surface area (Å²) in [6, 6.07) is 0. The van der Waals surface area contributed by atoms with E-state index in [2.05, 4.69) is 0 Å². The van der Waals surface area contributed by atoms with Crippen molar-refractivity contribution in [3.63, 3.8) is 0 Å². The van der Waals surface area contributed by atoms with Crippen molar-refractivity contribution in [3.05, 3.63) is 0 Å². The summed E-state index contributed by atoms with van der Waals surface area (Å²) in [5.74, 6) is -0.313. The van der Waals surface area contributed by atoms with Crippen LogP contribution in [-0.4, -0.2) is 37.4 Å². The van der Waals surface area contributed by atoms with Gasteiger partial charge in [0.15, 0.2) is 0 Å². The van der Waals surface area contributed by atoms with Crippen LogP contribution in [0.4, 0.5) is 0 Å².